The second-order valence-electron chi connectivity index (χ2n) is 5.23. The number of benzene rings is 1. The van der Waals surface area contributed by atoms with E-state index in [4.69, 9.17) is 5.73 Å². The Labute approximate surface area is 141 Å². The topological polar surface area (TPSA) is 72.2 Å². The van der Waals surface area contributed by atoms with Gasteiger partial charge in [-0.2, -0.15) is 13.2 Å². The predicted octanol–water partition coefficient (Wildman–Crippen LogP) is 3.01. The first-order chi connectivity index (χ1) is 10.1. The van der Waals surface area contributed by atoms with Crippen LogP contribution in [0.2, 0.25) is 0 Å². The van der Waals surface area contributed by atoms with Gasteiger partial charge in [-0.05, 0) is 30.5 Å². The van der Waals surface area contributed by atoms with Gasteiger partial charge in [0.25, 0.3) is 0 Å². The van der Waals surface area contributed by atoms with Gasteiger partial charge in [0.1, 0.15) is 0 Å². The van der Waals surface area contributed by atoms with Crippen molar-refractivity contribution in [3.8, 4) is 0 Å². The third kappa shape index (κ3) is 6.29. The fraction of sp³-hybridized carbons (Fsp3) is 0.571. The molecule has 0 spiro atoms. The van der Waals surface area contributed by atoms with E-state index in [-0.39, 0.29) is 29.4 Å². The van der Waals surface area contributed by atoms with E-state index in [0.29, 0.717) is 12.8 Å². The van der Waals surface area contributed by atoms with Crippen molar-refractivity contribution in [1.82, 2.24) is 4.72 Å². The summed E-state index contributed by atoms with van der Waals surface area (Å²) >= 11 is 0. The van der Waals surface area contributed by atoms with Crippen LogP contribution >= 0.6 is 12.4 Å². The van der Waals surface area contributed by atoms with Crippen LogP contribution in [-0.4, -0.2) is 26.7 Å². The molecule has 0 saturated heterocycles. The monoisotopic (exact) mass is 374 g/mol. The van der Waals surface area contributed by atoms with Gasteiger partial charge in [-0.15, -0.1) is 12.4 Å². The highest BCUT2D eigenvalue weighted by molar-refractivity contribution is 7.89. The number of hydrogen-bond donors (Lipinski definition) is 2. The van der Waals surface area contributed by atoms with E-state index in [1.54, 1.807) is 0 Å². The van der Waals surface area contributed by atoms with E-state index in [1.807, 2.05) is 13.8 Å². The highest BCUT2D eigenvalue weighted by Gasteiger charge is 2.31. The molecule has 0 bridgehead atoms. The van der Waals surface area contributed by atoms with Gasteiger partial charge in [-0.1, -0.05) is 26.0 Å². The van der Waals surface area contributed by atoms with Crippen molar-refractivity contribution in [2.45, 2.75) is 49.7 Å². The average molecular weight is 375 g/mol. The fourth-order valence-electron chi connectivity index (χ4n) is 2.09. The predicted molar refractivity (Wildman–Crippen MR) is 86.1 cm³/mol. The third-order valence-corrected chi connectivity index (χ3v) is 5.33. The first-order valence-corrected chi connectivity index (χ1v) is 8.45. The molecule has 0 heterocycles. The molecule has 0 amide bonds. The van der Waals surface area contributed by atoms with E-state index in [2.05, 4.69) is 4.72 Å². The highest BCUT2D eigenvalue weighted by atomic mass is 35.5. The molecule has 0 saturated carbocycles. The minimum atomic E-state index is -4.32. The lowest BCUT2D eigenvalue weighted by Crippen LogP contribution is -2.52. The molecule has 0 unspecified atom stereocenters. The zero-order chi connectivity index (χ0) is 17.0. The number of hydrogen-bond acceptors (Lipinski definition) is 3. The Morgan fingerprint density at radius 3 is 1.91 bits per heavy atom. The van der Waals surface area contributed by atoms with Gasteiger partial charge in [-0.3, -0.25) is 0 Å². The van der Waals surface area contributed by atoms with E-state index in [1.165, 1.54) is 24.3 Å². The molecular weight excluding hydrogens is 353 g/mol. The molecule has 4 nitrogen and oxygen atoms in total. The minimum absolute atomic E-state index is 0. The number of nitrogens with one attached hydrogen (secondary N) is 1. The quantitative estimate of drug-likeness (QED) is 0.770. The number of alkyl halides is 3. The van der Waals surface area contributed by atoms with Crippen molar-refractivity contribution in [2.24, 2.45) is 5.73 Å². The molecule has 0 aromatic heterocycles. The van der Waals surface area contributed by atoms with Crippen LogP contribution in [0.15, 0.2) is 29.2 Å². The Morgan fingerprint density at radius 2 is 1.57 bits per heavy atom. The zero-order valence-corrected chi connectivity index (χ0v) is 14.6. The maximum absolute atomic E-state index is 12.3. The van der Waals surface area contributed by atoms with Crippen LogP contribution in [0.4, 0.5) is 13.2 Å². The summed E-state index contributed by atoms with van der Waals surface area (Å²) in [5.74, 6) is 0. The minimum Gasteiger partial charge on any atom is -0.329 e. The van der Waals surface area contributed by atoms with Gasteiger partial charge in [0.15, 0.2) is 0 Å². The van der Waals surface area contributed by atoms with E-state index in [9.17, 15) is 21.6 Å². The van der Waals surface area contributed by atoms with Gasteiger partial charge in [0.05, 0.1) is 11.3 Å². The molecule has 0 aliphatic heterocycles. The number of rotatable bonds is 7. The van der Waals surface area contributed by atoms with Crippen molar-refractivity contribution in [2.75, 3.05) is 6.54 Å². The van der Waals surface area contributed by atoms with Crippen LogP contribution in [0, 0.1) is 0 Å². The molecule has 0 atom stereocenters. The van der Waals surface area contributed by atoms with Crippen molar-refractivity contribution >= 4 is 22.4 Å². The van der Waals surface area contributed by atoms with Crippen molar-refractivity contribution in [1.29, 1.82) is 0 Å². The molecule has 0 aliphatic carbocycles. The maximum Gasteiger partial charge on any atom is 0.393 e. The van der Waals surface area contributed by atoms with E-state index < -0.39 is 28.2 Å². The molecule has 23 heavy (non-hydrogen) atoms. The average Bonchev–Trinajstić information content (AvgIpc) is 2.44. The van der Waals surface area contributed by atoms with E-state index >= 15 is 0 Å². The molecule has 1 aromatic carbocycles. The number of sulfonamides is 1. The summed E-state index contributed by atoms with van der Waals surface area (Å²) in [6.07, 6.45) is -4.37. The summed E-state index contributed by atoms with van der Waals surface area (Å²) in [5.41, 5.74) is 4.93. The van der Waals surface area contributed by atoms with Gasteiger partial charge >= 0.3 is 6.18 Å². The molecule has 9 heteroatoms. The lowest BCUT2D eigenvalue weighted by molar-refractivity contribution is -0.127. The number of halogens is 4. The van der Waals surface area contributed by atoms with Crippen LogP contribution < -0.4 is 10.5 Å². The normalized spacial score (nSPS) is 12.8. The second kappa shape index (κ2) is 8.32. The van der Waals surface area contributed by atoms with Crippen LogP contribution in [0.3, 0.4) is 0 Å². The Balaban J connectivity index is 0.00000484. The van der Waals surface area contributed by atoms with Gasteiger partial charge in [0.2, 0.25) is 10.0 Å². The molecule has 0 radical (unpaired) electrons. The highest BCUT2D eigenvalue weighted by Crippen LogP contribution is 2.23. The summed E-state index contributed by atoms with van der Waals surface area (Å²) in [6, 6.07) is 4.69. The first-order valence-electron chi connectivity index (χ1n) is 6.97. The van der Waals surface area contributed by atoms with Crippen molar-refractivity contribution < 1.29 is 21.6 Å². The standard InChI is InChI=1S/C14H21F3N2O2S.ClH/c1-3-13(4-2,10-18)19-22(20,21)12-7-5-11(6-8-12)9-14(15,16)17;/h5-8,19H,3-4,9-10,18H2,1-2H3;1H. The molecular formula is C14H22ClF3N2O2S. The maximum atomic E-state index is 12.3. The van der Waals surface area contributed by atoms with Gasteiger partial charge in [0, 0.05) is 12.1 Å². The summed E-state index contributed by atoms with van der Waals surface area (Å²) in [7, 11) is -3.83. The molecule has 1 aromatic rings. The van der Waals surface area contributed by atoms with Crippen molar-refractivity contribution in [3.63, 3.8) is 0 Å². The largest absolute Gasteiger partial charge is 0.393 e. The second-order valence-corrected chi connectivity index (χ2v) is 6.92. The van der Waals surface area contributed by atoms with Crippen LogP contribution in [0.1, 0.15) is 32.3 Å². The number of nitrogens with two attached hydrogens (primary N) is 1. The summed E-state index contributed by atoms with van der Waals surface area (Å²) in [5, 5.41) is 0. The smallest absolute Gasteiger partial charge is 0.329 e. The first kappa shape index (κ1) is 22.2. The Bertz CT molecular complexity index is 577. The Kier molecular flexibility index (Phi) is 8.02. The van der Waals surface area contributed by atoms with Crippen LogP contribution in [0.25, 0.3) is 0 Å². The Morgan fingerprint density at radius 1 is 1.09 bits per heavy atom. The van der Waals surface area contributed by atoms with Crippen LogP contribution in [0.5, 0.6) is 0 Å². The lowest BCUT2D eigenvalue weighted by atomic mass is 9.95. The third-order valence-electron chi connectivity index (χ3n) is 3.73. The van der Waals surface area contributed by atoms with Gasteiger partial charge in [-0.25, -0.2) is 13.1 Å². The molecule has 134 valence electrons. The SMILES string of the molecule is CCC(CC)(CN)NS(=O)(=O)c1ccc(CC(F)(F)F)cc1.Cl. The lowest BCUT2D eigenvalue weighted by Gasteiger charge is -2.31. The summed E-state index contributed by atoms with van der Waals surface area (Å²) < 4.78 is 64.1. The van der Waals surface area contributed by atoms with Crippen LogP contribution in [-0.2, 0) is 16.4 Å². The van der Waals surface area contributed by atoms with Crippen molar-refractivity contribution in [3.05, 3.63) is 29.8 Å². The van der Waals surface area contributed by atoms with Gasteiger partial charge < -0.3 is 5.73 Å². The van der Waals surface area contributed by atoms with E-state index in [0.717, 1.165) is 0 Å². The fourth-order valence-corrected chi connectivity index (χ4v) is 3.64. The zero-order valence-electron chi connectivity index (χ0n) is 13.0. The summed E-state index contributed by atoms with van der Waals surface area (Å²) in [4.78, 5) is -0.0712. The molecule has 1 rings (SSSR count). The Hall–Kier alpha value is -0.830. The molecule has 0 fully saturated rings. The summed E-state index contributed by atoms with van der Waals surface area (Å²) in [6.45, 7) is 3.79. The molecule has 0 aliphatic rings. The molecule has 3 N–H and O–H groups in total.